The van der Waals surface area contributed by atoms with Crippen molar-refractivity contribution < 1.29 is 28.5 Å². The van der Waals surface area contributed by atoms with Gasteiger partial charge in [-0.25, -0.2) is 13.5 Å². The summed E-state index contributed by atoms with van der Waals surface area (Å²) in [5.74, 6) is -2.15. The monoisotopic (exact) mass is 500 g/mol. The molecule has 0 saturated carbocycles. The minimum atomic E-state index is -1.97. The molecule has 10 nitrogen and oxygen atoms in total. The summed E-state index contributed by atoms with van der Waals surface area (Å²) in [6.07, 6.45) is 1.91. The number of hydrogen-bond donors (Lipinski definition) is 3. The number of methoxy groups -OCH3 is 1. The number of halogens is 3. The van der Waals surface area contributed by atoms with Crippen LogP contribution in [0, 0.1) is 11.6 Å². The molecule has 0 bridgehead atoms. The maximum absolute atomic E-state index is 14.5. The van der Waals surface area contributed by atoms with Crippen molar-refractivity contribution in [2.75, 3.05) is 20.3 Å². The zero-order valence-corrected chi connectivity index (χ0v) is 18.0. The lowest BCUT2D eigenvalue weighted by molar-refractivity contribution is -0.283. The summed E-state index contributed by atoms with van der Waals surface area (Å²) in [6, 6.07) is 1.71. The first-order valence-electron chi connectivity index (χ1n) is 9.18. The van der Waals surface area contributed by atoms with Crippen LogP contribution >= 0.6 is 15.9 Å². The van der Waals surface area contributed by atoms with Gasteiger partial charge in [0.25, 0.3) is 0 Å². The molecular weight excluding hydrogens is 482 g/mol. The Morgan fingerprint density at radius 2 is 2.16 bits per heavy atom. The molecule has 4 atom stereocenters. The summed E-state index contributed by atoms with van der Waals surface area (Å²) in [7, 11) is 1.42. The average molecular weight is 501 g/mol. The Morgan fingerprint density at radius 3 is 2.81 bits per heavy atom. The number of rotatable bonds is 5. The van der Waals surface area contributed by atoms with E-state index in [1.807, 2.05) is 0 Å². The molecule has 1 fully saturated rings. The largest absolute Gasteiger partial charge is 0.393 e. The van der Waals surface area contributed by atoms with Gasteiger partial charge in [-0.2, -0.15) is 15.4 Å². The minimum Gasteiger partial charge on any atom is -0.393 e. The number of nitrogens with one attached hydrogen (secondary N) is 1. The van der Waals surface area contributed by atoms with E-state index in [0.29, 0.717) is 0 Å². The van der Waals surface area contributed by atoms with Gasteiger partial charge in [-0.05, 0) is 35.0 Å². The topological polar surface area (TPSA) is 131 Å². The number of aromatic amines is 1. The van der Waals surface area contributed by atoms with E-state index in [-0.39, 0.29) is 28.0 Å². The van der Waals surface area contributed by atoms with Crippen LogP contribution in [0.2, 0.25) is 0 Å². The predicted octanol–water partition coefficient (Wildman–Crippen LogP) is 1.33. The first-order chi connectivity index (χ1) is 14.8. The Morgan fingerprint density at radius 1 is 1.39 bits per heavy atom. The molecule has 0 aliphatic carbocycles. The maximum atomic E-state index is 14.5. The van der Waals surface area contributed by atoms with E-state index < -0.39 is 41.6 Å². The number of ether oxygens (including phenoxy) is 2. The Balaban J connectivity index is 1.86. The van der Waals surface area contributed by atoms with E-state index in [2.05, 4.69) is 41.7 Å². The van der Waals surface area contributed by atoms with Crippen LogP contribution < -0.4 is 0 Å². The molecule has 1 saturated heterocycles. The van der Waals surface area contributed by atoms with Crippen LogP contribution in [-0.4, -0.2) is 72.6 Å². The second-order valence-electron chi connectivity index (χ2n) is 7.35. The summed E-state index contributed by atoms with van der Waals surface area (Å²) in [5, 5.41) is 40.1. The molecule has 2 aromatic heterocycles. The molecule has 13 heteroatoms. The number of aliphatic hydroxyl groups excluding tert-OH is 1. The van der Waals surface area contributed by atoms with Gasteiger partial charge in [-0.1, -0.05) is 5.21 Å². The molecule has 3 aromatic rings. The van der Waals surface area contributed by atoms with E-state index in [1.54, 1.807) is 0 Å². The molecule has 166 valence electrons. The van der Waals surface area contributed by atoms with Gasteiger partial charge in [0.1, 0.15) is 29.1 Å². The summed E-state index contributed by atoms with van der Waals surface area (Å²) in [4.78, 5) is 0. The van der Waals surface area contributed by atoms with Crippen molar-refractivity contribution >= 4 is 15.9 Å². The number of benzene rings is 1. The Kier molecular flexibility index (Phi) is 5.64. The van der Waals surface area contributed by atoms with Crippen LogP contribution in [0.4, 0.5) is 8.78 Å². The number of aliphatic hydroxyl groups is 2. The SMILES string of the molecule is COC1COC(C)(CO)C(O)(c2cn[nH]n2)C1n1cc(-c2ccc(Br)c(F)c2F)nn1. The highest BCUT2D eigenvalue weighted by Gasteiger charge is 2.62. The quantitative estimate of drug-likeness (QED) is 0.447. The molecule has 1 aliphatic heterocycles. The fourth-order valence-corrected chi connectivity index (χ4v) is 4.15. The van der Waals surface area contributed by atoms with Crippen molar-refractivity contribution in [2.24, 2.45) is 0 Å². The summed E-state index contributed by atoms with van der Waals surface area (Å²) in [6.45, 7) is 0.967. The molecule has 31 heavy (non-hydrogen) atoms. The molecule has 4 rings (SSSR count). The highest BCUT2D eigenvalue weighted by Crippen LogP contribution is 2.48. The van der Waals surface area contributed by atoms with Gasteiger partial charge in [-0.3, -0.25) is 0 Å². The summed E-state index contributed by atoms with van der Waals surface area (Å²) in [5.41, 5.74) is -3.47. The van der Waals surface area contributed by atoms with Gasteiger partial charge < -0.3 is 19.7 Å². The fraction of sp³-hybridized carbons (Fsp3) is 0.444. The van der Waals surface area contributed by atoms with E-state index in [1.165, 1.54) is 43.2 Å². The van der Waals surface area contributed by atoms with Gasteiger partial charge >= 0.3 is 0 Å². The Bertz CT molecular complexity index is 1080. The molecule has 3 heterocycles. The summed E-state index contributed by atoms with van der Waals surface area (Å²) >= 11 is 2.94. The third-order valence-corrected chi connectivity index (χ3v) is 6.28. The van der Waals surface area contributed by atoms with Gasteiger partial charge in [-0.15, -0.1) is 5.10 Å². The first kappa shape index (κ1) is 21.9. The van der Waals surface area contributed by atoms with E-state index in [0.717, 1.165) is 0 Å². The number of hydrogen-bond acceptors (Lipinski definition) is 8. The van der Waals surface area contributed by atoms with Crippen molar-refractivity contribution in [3.63, 3.8) is 0 Å². The molecule has 0 radical (unpaired) electrons. The molecule has 0 amide bonds. The van der Waals surface area contributed by atoms with E-state index in [4.69, 9.17) is 9.47 Å². The zero-order chi connectivity index (χ0) is 22.4. The van der Waals surface area contributed by atoms with Gasteiger partial charge in [0, 0.05) is 12.7 Å². The lowest BCUT2D eigenvalue weighted by atomic mass is 9.72. The third-order valence-electron chi connectivity index (χ3n) is 5.67. The predicted molar refractivity (Wildman–Crippen MR) is 105 cm³/mol. The molecule has 1 aromatic carbocycles. The van der Waals surface area contributed by atoms with Crippen LogP contribution in [0.3, 0.4) is 0 Å². The number of H-pyrrole nitrogens is 1. The van der Waals surface area contributed by atoms with Gasteiger partial charge in [0.2, 0.25) is 0 Å². The highest BCUT2D eigenvalue weighted by molar-refractivity contribution is 9.10. The molecule has 0 spiro atoms. The number of nitrogens with zero attached hydrogens (tertiary/aromatic N) is 5. The molecular formula is C18H19BrF2N6O4. The van der Waals surface area contributed by atoms with Crippen LogP contribution in [-0.2, 0) is 15.1 Å². The number of aromatic nitrogens is 6. The Hall–Kier alpha value is -2.32. The standard InChI is InChI=1S/C18H19BrF2N6O4/c1-17(8-28)18(29,13-5-22-25-24-13)16(12(30-2)7-31-17)27-6-11(23-26-27)9-3-4-10(19)15(21)14(9)20/h3-6,12,16,28-29H,7-8H2,1-2H3,(H,22,24,25). The van der Waals surface area contributed by atoms with Gasteiger partial charge in [0.15, 0.2) is 17.2 Å². The van der Waals surface area contributed by atoms with E-state index in [9.17, 15) is 19.0 Å². The van der Waals surface area contributed by atoms with Crippen LogP contribution in [0.5, 0.6) is 0 Å². The second-order valence-corrected chi connectivity index (χ2v) is 8.20. The molecule has 1 aliphatic rings. The van der Waals surface area contributed by atoms with Crippen molar-refractivity contribution in [2.45, 2.75) is 30.3 Å². The van der Waals surface area contributed by atoms with Crippen LogP contribution in [0.25, 0.3) is 11.3 Å². The Labute approximate surface area is 183 Å². The molecule has 3 N–H and O–H groups in total. The maximum Gasteiger partial charge on any atom is 0.173 e. The second kappa shape index (κ2) is 7.98. The lowest BCUT2D eigenvalue weighted by Crippen LogP contribution is -2.66. The smallest absolute Gasteiger partial charge is 0.173 e. The first-order valence-corrected chi connectivity index (χ1v) is 9.98. The van der Waals surface area contributed by atoms with Crippen LogP contribution in [0.15, 0.2) is 29.0 Å². The van der Waals surface area contributed by atoms with E-state index >= 15 is 0 Å². The average Bonchev–Trinajstić information content (AvgIpc) is 3.46. The third kappa shape index (κ3) is 3.27. The zero-order valence-electron chi connectivity index (χ0n) is 16.5. The van der Waals surface area contributed by atoms with Crippen LogP contribution in [0.1, 0.15) is 18.7 Å². The lowest BCUT2D eigenvalue weighted by Gasteiger charge is -2.52. The van der Waals surface area contributed by atoms with Crippen molar-refractivity contribution in [1.82, 2.24) is 30.4 Å². The normalized spacial score (nSPS) is 28.7. The van der Waals surface area contributed by atoms with Crippen molar-refractivity contribution in [3.8, 4) is 11.3 Å². The van der Waals surface area contributed by atoms with Crippen molar-refractivity contribution in [1.29, 1.82) is 0 Å². The summed E-state index contributed by atoms with van der Waals surface area (Å²) < 4.78 is 41.0. The van der Waals surface area contributed by atoms with Gasteiger partial charge in [0.05, 0.1) is 30.1 Å². The minimum absolute atomic E-state index is 0.00878. The fourth-order valence-electron chi connectivity index (χ4n) is 3.84. The van der Waals surface area contributed by atoms with Crippen molar-refractivity contribution in [3.05, 3.63) is 46.3 Å². The highest BCUT2D eigenvalue weighted by atomic mass is 79.9. The molecule has 4 unspecified atom stereocenters.